The van der Waals surface area contributed by atoms with Crippen molar-refractivity contribution in [3.8, 4) is 5.75 Å². The number of benzene rings is 2. The monoisotopic (exact) mass is 273 g/mol. The summed E-state index contributed by atoms with van der Waals surface area (Å²) < 4.78 is 18.8. The van der Waals surface area contributed by atoms with Gasteiger partial charge >= 0.3 is 0 Å². The fourth-order valence-electron chi connectivity index (χ4n) is 2.42. The van der Waals surface area contributed by atoms with E-state index in [-0.39, 0.29) is 11.9 Å². The molecule has 2 rings (SSSR count). The maximum absolute atomic E-state index is 13.2. The molecule has 0 aliphatic rings. The number of halogens is 1. The van der Waals surface area contributed by atoms with Crippen molar-refractivity contribution in [3.63, 3.8) is 0 Å². The minimum absolute atomic E-state index is 0.0241. The van der Waals surface area contributed by atoms with Crippen LogP contribution in [0.5, 0.6) is 5.75 Å². The summed E-state index contributed by atoms with van der Waals surface area (Å²) in [4.78, 5) is 0. The van der Waals surface area contributed by atoms with Crippen molar-refractivity contribution in [3.05, 3.63) is 65.0 Å². The van der Waals surface area contributed by atoms with Gasteiger partial charge in [0.15, 0.2) is 0 Å². The molecule has 2 nitrogen and oxygen atoms in total. The van der Waals surface area contributed by atoms with E-state index >= 15 is 0 Å². The topological polar surface area (TPSA) is 21.3 Å². The molecule has 2 aromatic carbocycles. The van der Waals surface area contributed by atoms with Gasteiger partial charge in [0.2, 0.25) is 0 Å². The molecule has 0 saturated carbocycles. The molecule has 0 bridgehead atoms. The third kappa shape index (κ3) is 3.17. The van der Waals surface area contributed by atoms with Crippen LogP contribution < -0.4 is 10.1 Å². The molecule has 0 radical (unpaired) electrons. The Balaban J connectivity index is 2.38. The summed E-state index contributed by atoms with van der Waals surface area (Å²) in [6.07, 6.45) is 0. The highest BCUT2D eigenvalue weighted by Gasteiger charge is 2.15. The van der Waals surface area contributed by atoms with Crippen LogP contribution in [-0.4, -0.2) is 13.7 Å². The van der Waals surface area contributed by atoms with E-state index in [1.807, 2.05) is 51.2 Å². The highest BCUT2D eigenvalue weighted by atomic mass is 19.1. The molecular formula is C17H20FNO. The van der Waals surface area contributed by atoms with Crippen LogP contribution in [0.25, 0.3) is 0 Å². The Morgan fingerprint density at radius 1 is 1.20 bits per heavy atom. The van der Waals surface area contributed by atoms with Crippen LogP contribution in [0.4, 0.5) is 4.39 Å². The van der Waals surface area contributed by atoms with E-state index in [1.54, 1.807) is 6.07 Å². The molecule has 0 fully saturated rings. The summed E-state index contributed by atoms with van der Waals surface area (Å²) in [7, 11) is 1.90. The lowest BCUT2D eigenvalue weighted by molar-refractivity contribution is 0.339. The molecule has 2 aromatic rings. The minimum atomic E-state index is -0.204. The van der Waals surface area contributed by atoms with Crippen LogP contribution in [0.3, 0.4) is 0 Å². The van der Waals surface area contributed by atoms with Crippen LogP contribution in [0.15, 0.2) is 42.5 Å². The minimum Gasteiger partial charge on any atom is -0.494 e. The summed E-state index contributed by atoms with van der Waals surface area (Å²) in [5, 5.41) is 3.29. The molecule has 1 unspecified atom stereocenters. The maximum atomic E-state index is 13.2. The molecule has 20 heavy (non-hydrogen) atoms. The van der Waals surface area contributed by atoms with Crippen molar-refractivity contribution < 1.29 is 9.13 Å². The van der Waals surface area contributed by atoms with Crippen molar-refractivity contribution in [2.75, 3.05) is 13.7 Å². The lowest BCUT2D eigenvalue weighted by atomic mass is 9.95. The van der Waals surface area contributed by atoms with E-state index in [0.29, 0.717) is 6.61 Å². The van der Waals surface area contributed by atoms with Gasteiger partial charge in [0, 0.05) is 0 Å². The molecule has 0 heterocycles. The first-order valence-electron chi connectivity index (χ1n) is 6.81. The summed E-state index contributed by atoms with van der Waals surface area (Å²) in [6.45, 7) is 4.53. The first-order chi connectivity index (χ1) is 9.65. The van der Waals surface area contributed by atoms with Gasteiger partial charge in [-0.1, -0.05) is 18.2 Å². The maximum Gasteiger partial charge on any atom is 0.123 e. The van der Waals surface area contributed by atoms with Gasteiger partial charge in [-0.15, -0.1) is 0 Å². The summed E-state index contributed by atoms with van der Waals surface area (Å²) in [6, 6.07) is 12.9. The second-order valence-corrected chi connectivity index (χ2v) is 4.73. The second kappa shape index (κ2) is 6.53. The van der Waals surface area contributed by atoms with Crippen molar-refractivity contribution >= 4 is 0 Å². The van der Waals surface area contributed by atoms with E-state index in [4.69, 9.17) is 4.74 Å². The predicted molar refractivity (Wildman–Crippen MR) is 79.7 cm³/mol. The number of aryl methyl sites for hydroxylation is 1. The van der Waals surface area contributed by atoms with E-state index in [1.165, 1.54) is 6.07 Å². The Bertz CT molecular complexity index is 583. The smallest absolute Gasteiger partial charge is 0.123 e. The van der Waals surface area contributed by atoms with Gasteiger partial charge in [-0.2, -0.15) is 0 Å². The van der Waals surface area contributed by atoms with Crippen LogP contribution in [0, 0.1) is 12.7 Å². The Morgan fingerprint density at radius 2 is 2.00 bits per heavy atom. The molecule has 0 aliphatic heterocycles. The molecule has 1 atom stereocenters. The van der Waals surface area contributed by atoms with Crippen molar-refractivity contribution in [1.82, 2.24) is 5.32 Å². The Morgan fingerprint density at radius 3 is 2.65 bits per heavy atom. The molecule has 3 heteroatoms. The summed E-state index contributed by atoms with van der Waals surface area (Å²) in [5.74, 6) is 0.647. The van der Waals surface area contributed by atoms with Crippen LogP contribution >= 0.6 is 0 Å². The Kier molecular flexibility index (Phi) is 4.74. The molecule has 0 spiro atoms. The number of hydrogen-bond donors (Lipinski definition) is 1. The highest BCUT2D eigenvalue weighted by molar-refractivity contribution is 5.40. The molecule has 1 N–H and O–H groups in total. The van der Waals surface area contributed by atoms with Crippen molar-refractivity contribution in [2.24, 2.45) is 0 Å². The van der Waals surface area contributed by atoms with Gasteiger partial charge < -0.3 is 10.1 Å². The van der Waals surface area contributed by atoms with Gasteiger partial charge in [-0.3, -0.25) is 0 Å². The molecular weight excluding hydrogens is 253 g/mol. The van der Waals surface area contributed by atoms with E-state index < -0.39 is 0 Å². The third-order valence-corrected chi connectivity index (χ3v) is 3.33. The van der Waals surface area contributed by atoms with Crippen LogP contribution in [-0.2, 0) is 0 Å². The van der Waals surface area contributed by atoms with Gasteiger partial charge in [0.1, 0.15) is 11.6 Å². The number of nitrogens with one attached hydrogen (secondary N) is 1. The van der Waals surface area contributed by atoms with Gasteiger partial charge in [0.25, 0.3) is 0 Å². The Hall–Kier alpha value is -1.87. The lowest BCUT2D eigenvalue weighted by Crippen LogP contribution is -2.18. The zero-order valence-corrected chi connectivity index (χ0v) is 12.1. The second-order valence-electron chi connectivity index (χ2n) is 4.73. The normalized spacial score (nSPS) is 12.2. The fraction of sp³-hybridized carbons (Fsp3) is 0.294. The summed E-state index contributed by atoms with van der Waals surface area (Å²) in [5.41, 5.74) is 3.11. The zero-order chi connectivity index (χ0) is 14.5. The van der Waals surface area contributed by atoms with Gasteiger partial charge in [-0.25, -0.2) is 4.39 Å². The SMILES string of the molecule is CCOc1cccc(C(NC)c2ccc(F)cc2C)c1. The first-order valence-corrected chi connectivity index (χ1v) is 6.81. The first kappa shape index (κ1) is 14.5. The quantitative estimate of drug-likeness (QED) is 0.893. The fourth-order valence-corrected chi connectivity index (χ4v) is 2.42. The molecule has 106 valence electrons. The number of ether oxygens (including phenoxy) is 1. The molecule has 0 saturated heterocycles. The lowest BCUT2D eigenvalue weighted by Gasteiger charge is -2.20. The molecule has 0 amide bonds. The third-order valence-electron chi connectivity index (χ3n) is 3.33. The van der Waals surface area contributed by atoms with Crippen molar-refractivity contribution in [2.45, 2.75) is 19.9 Å². The molecule has 0 aromatic heterocycles. The average molecular weight is 273 g/mol. The van der Waals surface area contributed by atoms with E-state index in [0.717, 1.165) is 22.4 Å². The Labute approximate surface area is 119 Å². The summed E-state index contributed by atoms with van der Waals surface area (Å²) >= 11 is 0. The molecule has 0 aliphatic carbocycles. The van der Waals surface area contributed by atoms with Crippen LogP contribution in [0.2, 0.25) is 0 Å². The van der Waals surface area contributed by atoms with Crippen molar-refractivity contribution in [1.29, 1.82) is 0 Å². The number of hydrogen-bond acceptors (Lipinski definition) is 2. The van der Waals surface area contributed by atoms with E-state index in [2.05, 4.69) is 5.32 Å². The number of rotatable bonds is 5. The van der Waals surface area contributed by atoms with E-state index in [9.17, 15) is 4.39 Å². The van der Waals surface area contributed by atoms with Gasteiger partial charge in [-0.05, 0) is 61.9 Å². The van der Waals surface area contributed by atoms with Gasteiger partial charge in [0.05, 0.1) is 12.6 Å². The standard InChI is InChI=1S/C17H20FNO/c1-4-20-15-7-5-6-13(11-15)17(19-3)16-9-8-14(18)10-12(16)2/h5-11,17,19H,4H2,1-3H3. The predicted octanol–water partition coefficient (Wildman–Crippen LogP) is 3.84. The largest absolute Gasteiger partial charge is 0.494 e. The zero-order valence-electron chi connectivity index (χ0n) is 12.1. The average Bonchev–Trinajstić information content (AvgIpc) is 2.43. The highest BCUT2D eigenvalue weighted by Crippen LogP contribution is 2.27. The van der Waals surface area contributed by atoms with Crippen LogP contribution in [0.1, 0.15) is 29.7 Å².